The molecule has 2 aliphatic rings. The first-order chi connectivity index (χ1) is 5.03. The molecule has 0 aromatic carbocycles. The number of hydrogen-bond acceptors (Lipinski definition) is 2. The minimum absolute atomic E-state index is 0.179. The van der Waals surface area contributed by atoms with Gasteiger partial charge in [-0.2, -0.15) is 0 Å². The molecule has 4 atom stereocenters. The number of nitrogens with two attached hydrogens (primary N) is 1. The maximum atomic E-state index is 12.7. The lowest BCUT2D eigenvalue weighted by Crippen LogP contribution is -2.38. The van der Waals surface area contributed by atoms with Crippen LogP contribution in [0.2, 0.25) is 0 Å². The first kappa shape index (κ1) is 7.43. The summed E-state index contributed by atoms with van der Waals surface area (Å²) in [7, 11) is 0. The summed E-state index contributed by atoms with van der Waals surface area (Å²) in [5.74, 6) is -3.66. The topological polar surface area (TPSA) is 46.2 Å². The van der Waals surface area contributed by atoms with E-state index in [1.807, 2.05) is 0 Å². The summed E-state index contributed by atoms with van der Waals surface area (Å²) in [5.41, 5.74) is 5.43. The normalized spacial score (nSPS) is 53.5. The number of halogens is 2. The van der Waals surface area contributed by atoms with E-state index in [0.29, 0.717) is 0 Å². The van der Waals surface area contributed by atoms with Gasteiger partial charge in [0.1, 0.15) is 0 Å². The Morgan fingerprint density at radius 3 is 2.36 bits per heavy atom. The Kier molecular flexibility index (Phi) is 1.30. The van der Waals surface area contributed by atoms with Crippen molar-refractivity contribution in [3.05, 3.63) is 0 Å². The molecular formula is C7H11F2NO. The van der Waals surface area contributed by atoms with Crippen LogP contribution in [-0.4, -0.2) is 23.2 Å². The summed E-state index contributed by atoms with van der Waals surface area (Å²) < 4.78 is 25.4. The molecule has 3 N–H and O–H groups in total. The highest BCUT2D eigenvalue weighted by molar-refractivity contribution is 5.11. The zero-order valence-electron chi connectivity index (χ0n) is 6.00. The molecule has 2 saturated carbocycles. The second-order valence-electron chi connectivity index (χ2n) is 3.59. The SMILES string of the molecule is N[C@@H]1CC2C(C[C@H]1O)C2(F)F. The second-order valence-corrected chi connectivity index (χ2v) is 3.59. The summed E-state index contributed by atoms with van der Waals surface area (Å²) in [6, 6.07) is -0.440. The van der Waals surface area contributed by atoms with Crippen molar-refractivity contribution in [3.63, 3.8) is 0 Å². The standard InChI is InChI=1S/C7H11F2NO/c8-7(9)3-1-5(10)6(11)2-4(3)7/h3-6,11H,1-2,10H2/t3?,4?,5-,6-/m1/s1. The molecular weight excluding hydrogens is 152 g/mol. The van der Waals surface area contributed by atoms with Gasteiger partial charge in [0.15, 0.2) is 0 Å². The Morgan fingerprint density at radius 2 is 1.82 bits per heavy atom. The van der Waals surface area contributed by atoms with Crippen molar-refractivity contribution in [1.82, 2.24) is 0 Å². The second kappa shape index (κ2) is 1.93. The molecule has 2 fully saturated rings. The van der Waals surface area contributed by atoms with Crippen LogP contribution in [0, 0.1) is 11.8 Å². The lowest BCUT2D eigenvalue weighted by molar-refractivity contribution is 0.0777. The Balaban J connectivity index is 2.07. The lowest BCUT2D eigenvalue weighted by Gasteiger charge is -2.21. The molecule has 64 valence electrons. The maximum absolute atomic E-state index is 12.7. The molecule has 2 aliphatic carbocycles. The van der Waals surface area contributed by atoms with Crippen molar-refractivity contribution in [2.24, 2.45) is 17.6 Å². The Bertz CT molecular complexity index is 167. The van der Waals surface area contributed by atoms with Gasteiger partial charge in [0.25, 0.3) is 5.92 Å². The van der Waals surface area contributed by atoms with Gasteiger partial charge in [0.05, 0.1) is 6.10 Å². The third kappa shape index (κ3) is 0.891. The average Bonchev–Trinajstić information content (AvgIpc) is 2.39. The number of hydrogen-bond donors (Lipinski definition) is 2. The van der Waals surface area contributed by atoms with Crippen molar-refractivity contribution < 1.29 is 13.9 Å². The van der Waals surface area contributed by atoms with Gasteiger partial charge in [0, 0.05) is 17.9 Å². The first-order valence-corrected chi connectivity index (χ1v) is 3.85. The molecule has 2 rings (SSSR count). The van der Waals surface area contributed by atoms with Crippen LogP contribution in [0.1, 0.15) is 12.8 Å². The summed E-state index contributed by atoms with van der Waals surface area (Å²) in [4.78, 5) is 0. The molecule has 0 heterocycles. The summed E-state index contributed by atoms with van der Waals surface area (Å²) in [5, 5.41) is 9.15. The number of aliphatic hydroxyl groups excluding tert-OH is 1. The maximum Gasteiger partial charge on any atom is 0.254 e. The van der Waals surface area contributed by atoms with E-state index in [0.717, 1.165) is 0 Å². The van der Waals surface area contributed by atoms with Crippen molar-refractivity contribution in [2.45, 2.75) is 30.9 Å². The largest absolute Gasteiger partial charge is 0.391 e. The van der Waals surface area contributed by atoms with E-state index in [-0.39, 0.29) is 12.8 Å². The summed E-state index contributed by atoms with van der Waals surface area (Å²) in [6.45, 7) is 0. The third-order valence-corrected chi connectivity index (χ3v) is 2.88. The molecule has 0 bridgehead atoms. The van der Waals surface area contributed by atoms with E-state index in [1.165, 1.54) is 0 Å². The van der Waals surface area contributed by atoms with E-state index >= 15 is 0 Å². The molecule has 4 heteroatoms. The quantitative estimate of drug-likeness (QED) is 0.541. The van der Waals surface area contributed by atoms with Crippen LogP contribution in [0.15, 0.2) is 0 Å². The predicted octanol–water partition coefficient (Wildman–Crippen LogP) is 0.350. The zero-order chi connectivity index (χ0) is 8.22. The van der Waals surface area contributed by atoms with Gasteiger partial charge in [-0.3, -0.25) is 0 Å². The molecule has 0 radical (unpaired) electrons. The van der Waals surface area contributed by atoms with Crippen LogP contribution in [0.3, 0.4) is 0 Å². The number of aliphatic hydroxyl groups is 1. The van der Waals surface area contributed by atoms with Gasteiger partial charge >= 0.3 is 0 Å². The molecule has 0 saturated heterocycles. The number of rotatable bonds is 0. The molecule has 0 aromatic heterocycles. The fourth-order valence-electron chi connectivity index (χ4n) is 1.99. The van der Waals surface area contributed by atoms with Crippen molar-refractivity contribution in [2.75, 3.05) is 0 Å². The van der Waals surface area contributed by atoms with Crippen molar-refractivity contribution >= 4 is 0 Å². The monoisotopic (exact) mass is 163 g/mol. The van der Waals surface area contributed by atoms with E-state index in [9.17, 15) is 8.78 Å². The van der Waals surface area contributed by atoms with Crippen molar-refractivity contribution in [3.8, 4) is 0 Å². The van der Waals surface area contributed by atoms with Crippen LogP contribution in [0.25, 0.3) is 0 Å². The van der Waals surface area contributed by atoms with Gasteiger partial charge in [-0.15, -0.1) is 0 Å². The smallest absolute Gasteiger partial charge is 0.254 e. The Labute approximate surface area is 63.4 Å². The van der Waals surface area contributed by atoms with Crippen molar-refractivity contribution in [1.29, 1.82) is 0 Å². The van der Waals surface area contributed by atoms with Gasteiger partial charge in [-0.25, -0.2) is 8.78 Å². The molecule has 2 unspecified atom stereocenters. The number of fused-ring (bicyclic) bond motifs is 1. The van der Waals surface area contributed by atoms with Crippen LogP contribution in [0.4, 0.5) is 8.78 Å². The first-order valence-electron chi connectivity index (χ1n) is 3.85. The van der Waals surface area contributed by atoms with Gasteiger partial charge < -0.3 is 10.8 Å². The molecule has 11 heavy (non-hydrogen) atoms. The highest BCUT2D eigenvalue weighted by Gasteiger charge is 2.70. The zero-order valence-corrected chi connectivity index (χ0v) is 6.00. The van der Waals surface area contributed by atoms with Crippen LogP contribution in [-0.2, 0) is 0 Å². The third-order valence-electron chi connectivity index (χ3n) is 2.88. The minimum Gasteiger partial charge on any atom is -0.391 e. The van der Waals surface area contributed by atoms with Crippen LogP contribution >= 0.6 is 0 Å². The highest BCUT2D eigenvalue weighted by Crippen LogP contribution is 2.61. The van der Waals surface area contributed by atoms with Gasteiger partial charge in [-0.1, -0.05) is 0 Å². The molecule has 2 nitrogen and oxygen atoms in total. The molecule has 0 aromatic rings. The molecule has 0 amide bonds. The van der Waals surface area contributed by atoms with Crippen LogP contribution < -0.4 is 5.73 Å². The fraction of sp³-hybridized carbons (Fsp3) is 1.00. The van der Waals surface area contributed by atoms with E-state index in [2.05, 4.69) is 0 Å². The highest BCUT2D eigenvalue weighted by atomic mass is 19.3. The molecule has 0 spiro atoms. The van der Waals surface area contributed by atoms with E-state index in [1.54, 1.807) is 0 Å². The van der Waals surface area contributed by atoms with E-state index < -0.39 is 29.9 Å². The summed E-state index contributed by atoms with van der Waals surface area (Å²) in [6.07, 6.45) is -0.262. The Hall–Kier alpha value is -0.220. The lowest BCUT2D eigenvalue weighted by atomic mass is 9.94. The predicted molar refractivity (Wildman–Crippen MR) is 35.1 cm³/mol. The minimum atomic E-state index is -2.53. The average molecular weight is 163 g/mol. The fourth-order valence-corrected chi connectivity index (χ4v) is 1.99. The number of alkyl halides is 2. The Morgan fingerprint density at radius 1 is 1.27 bits per heavy atom. The van der Waals surface area contributed by atoms with Gasteiger partial charge in [0.2, 0.25) is 0 Å². The van der Waals surface area contributed by atoms with Gasteiger partial charge in [-0.05, 0) is 12.8 Å². The molecule has 0 aliphatic heterocycles. The van der Waals surface area contributed by atoms with E-state index in [4.69, 9.17) is 10.8 Å². The summed E-state index contributed by atoms with van der Waals surface area (Å²) >= 11 is 0. The van der Waals surface area contributed by atoms with Crippen LogP contribution in [0.5, 0.6) is 0 Å².